The summed E-state index contributed by atoms with van der Waals surface area (Å²) < 4.78 is 15.6. The first kappa shape index (κ1) is 16.6. The predicted octanol–water partition coefficient (Wildman–Crippen LogP) is 1.90. The van der Waals surface area contributed by atoms with E-state index in [-0.39, 0.29) is 17.8 Å². The zero-order valence-electron chi connectivity index (χ0n) is 13.8. The molecule has 1 atom stereocenters. The zero-order valence-corrected chi connectivity index (χ0v) is 13.8. The van der Waals surface area contributed by atoms with Crippen molar-refractivity contribution in [1.82, 2.24) is 25.0 Å². The monoisotopic (exact) mass is 331 g/mol. The van der Waals surface area contributed by atoms with Gasteiger partial charge in [-0.1, -0.05) is 6.07 Å². The Labute approximate surface area is 140 Å². The van der Waals surface area contributed by atoms with Crippen LogP contribution in [0.5, 0.6) is 0 Å². The Balaban J connectivity index is 1.58. The van der Waals surface area contributed by atoms with Crippen molar-refractivity contribution >= 4 is 5.91 Å². The van der Waals surface area contributed by atoms with Crippen LogP contribution in [0, 0.1) is 5.82 Å². The van der Waals surface area contributed by atoms with E-state index in [0.717, 1.165) is 31.5 Å². The number of piperidine rings is 1. The van der Waals surface area contributed by atoms with Crippen LogP contribution in [0.25, 0.3) is 5.69 Å². The summed E-state index contributed by atoms with van der Waals surface area (Å²) in [6.07, 6.45) is 6.17. The van der Waals surface area contributed by atoms with Gasteiger partial charge < -0.3 is 10.2 Å². The molecule has 0 aliphatic carbocycles. The molecule has 0 bridgehead atoms. The molecule has 0 unspecified atom stereocenters. The van der Waals surface area contributed by atoms with E-state index in [1.807, 2.05) is 17.9 Å². The Kier molecular flexibility index (Phi) is 5.20. The van der Waals surface area contributed by atoms with E-state index < -0.39 is 0 Å². The number of likely N-dealkylation sites (tertiary alicyclic amines) is 1. The summed E-state index contributed by atoms with van der Waals surface area (Å²) in [6, 6.07) is 4.67. The summed E-state index contributed by atoms with van der Waals surface area (Å²) in [6.45, 7) is 3.98. The molecule has 2 aromatic rings. The van der Waals surface area contributed by atoms with E-state index in [9.17, 15) is 9.18 Å². The van der Waals surface area contributed by atoms with Gasteiger partial charge in [0.15, 0.2) is 0 Å². The molecule has 0 saturated carbocycles. The van der Waals surface area contributed by atoms with E-state index in [1.165, 1.54) is 29.8 Å². The van der Waals surface area contributed by atoms with Crippen LogP contribution in [0.3, 0.4) is 0 Å². The van der Waals surface area contributed by atoms with E-state index >= 15 is 0 Å². The minimum absolute atomic E-state index is 0.120. The van der Waals surface area contributed by atoms with Gasteiger partial charge in [0.1, 0.15) is 24.2 Å². The van der Waals surface area contributed by atoms with E-state index in [4.69, 9.17) is 0 Å². The van der Waals surface area contributed by atoms with Crippen molar-refractivity contribution in [2.24, 2.45) is 0 Å². The normalized spacial score (nSPS) is 16.2. The molecule has 1 aliphatic rings. The lowest BCUT2D eigenvalue weighted by molar-refractivity contribution is -0.133. The van der Waals surface area contributed by atoms with Crippen LogP contribution in [0.4, 0.5) is 4.39 Å². The number of hydrogen-bond donors (Lipinski definition) is 1. The standard InChI is InChI=1S/C17H22FN5O/c1-13(17(24)22-7-3-2-4-8-22)20-10-14-5-6-16(15(18)9-14)23-12-19-11-21-23/h5-6,9,11-13,20H,2-4,7-8,10H2,1H3/t13-/m1/s1. The first-order valence-corrected chi connectivity index (χ1v) is 8.31. The Morgan fingerprint density at radius 2 is 2.12 bits per heavy atom. The fourth-order valence-corrected chi connectivity index (χ4v) is 2.93. The van der Waals surface area contributed by atoms with Crippen molar-refractivity contribution < 1.29 is 9.18 Å². The molecule has 1 aliphatic heterocycles. The molecule has 3 rings (SSSR count). The second-order valence-corrected chi connectivity index (χ2v) is 6.11. The quantitative estimate of drug-likeness (QED) is 0.909. The van der Waals surface area contributed by atoms with Crippen LogP contribution in [0.1, 0.15) is 31.7 Å². The summed E-state index contributed by atoms with van der Waals surface area (Å²) in [5, 5.41) is 7.11. The fourth-order valence-electron chi connectivity index (χ4n) is 2.93. The van der Waals surface area contributed by atoms with Gasteiger partial charge in [0.2, 0.25) is 5.91 Å². The SMILES string of the molecule is C[C@@H](NCc1ccc(-n2cncn2)c(F)c1)C(=O)N1CCCCC1. The van der Waals surface area contributed by atoms with Crippen molar-refractivity contribution in [3.05, 3.63) is 42.2 Å². The van der Waals surface area contributed by atoms with Gasteiger partial charge in [-0.3, -0.25) is 4.79 Å². The number of carbonyl (C=O) groups is 1. The largest absolute Gasteiger partial charge is 0.341 e. The van der Waals surface area contributed by atoms with Crippen molar-refractivity contribution in [1.29, 1.82) is 0 Å². The Morgan fingerprint density at radius 3 is 2.79 bits per heavy atom. The van der Waals surface area contributed by atoms with Crippen LogP contribution in [-0.2, 0) is 11.3 Å². The second-order valence-electron chi connectivity index (χ2n) is 6.11. The average Bonchev–Trinajstić information content (AvgIpc) is 3.14. The summed E-state index contributed by atoms with van der Waals surface area (Å²) in [5.41, 5.74) is 1.14. The lowest BCUT2D eigenvalue weighted by Gasteiger charge is -2.29. The Morgan fingerprint density at radius 1 is 1.33 bits per heavy atom. The third-order valence-corrected chi connectivity index (χ3v) is 4.33. The molecule has 1 fully saturated rings. The maximum atomic E-state index is 14.2. The summed E-state index contributed by atoms with van der Waals surface area (Å²) >= 11 is 0. The number of benzene rings is 1. The number of aromatic nitrogens is 3. The van der Waals surface area contributed by atoms with Crippen molar-refractivity contribution in [2.75, 3.05) is 13.1 Å². The molecule has 1 aromatic carbocycles. The lowest BCUT2D eigenvalue weighted by atomic mass is 10.1. The van der Waals surface area contributed by atoms with Gasteiger partial charge in [-0.05, 0) is 43.9 Å². The van der Waals surface area contributed by atoms with Crippen LogP contribution >= 0.6 is 0 Å². The molecule has 1 aromatic heterocycles. The molecule has 6 nitrogen and oxygen atoms in total. The third kappa shape index (κ3) is 3.79. The van der Waals surface area contributed by atoms with E-state index in [2.05, 4.69) is 15.4 Å². The third-order valence-electron chi connectivity index (χ3n) is 4.33. The number of amides is 1. The zero-order chi connectivity index (χ0) is 16.9. The van der Waals surface area contributed by atoms with Crippen LogP contribution in [0.2, 0.25) is 0 Å². The van der Waals surface area contributed by atoms with Gasteiger partial charge in [0.05, 0.1) is 6.04 Å². The molecule has 1 saturated heterocycles. The van der Waals surface area contributed by atoms with Gasteiger partial charge >= 0.3 is 0 Å². The molecule has 128 valence electrons. The smallest absolute Gasteiger partial charge is 0.239 e. The van der Waals surface area contributed by atoms with Gasteiger partial charge in [-0.25, -0.2) is 14.1 Å². The molecule has 2 heterocycles. The fraction of sp³-hybridized carbons (Fsp3) is 0.471. The lowest BCUT2D eigenvalue weighted by Crippen LogP contribution is -2.46. The maximum absolute atomic E-state index is 14.2. The number of rotatable bonds is 5. The highest BCUT2D eigenvalue weighted by atomic mass is 19.1. The van der Waals surface area contributed by atoms with E-state index in [1.54, 1.807) is 6.07 Å². The van der Waals surface area contributed by atoms with Crippen molar-refractivity contribution in [3.8, 4) is 5.69 Å². The van der Waals surface area contributed by atoms with Gasteiger partial charge in [0, 0.05) is 19.6 Å². The minimum Gasteiger partial charge on any atom is -0.341 e. The summed E-state index contributed by atoms with van der Waals surface area (Å²) in [5.74, 6) is -0.246. The topological polar surface area (TPSA) is 63.1 Å². The molecular formula is C17H22FN5O. The van der Waals surface area contributed by atoms with Crippen molar-refractivity contribution in [3.63, 3.8) is 0 Å². The highest BCUT2D eigenvalue weighted by Crippen LogP contribution is 2.14. The molecule has 7 heteroatoms. The highest BCUT2D eigenvalue weighted by molar-refractivity contribution is 5.81. The first-order valence-electron chi connectivity index (χ1n) is 8.31. The Bertz CT molecular complexity index is 682. The number of nitrogens with one attached hydrogen (secondary N) is 1. The highest BCUT2D eigenvalue weighted by Gasteiger charge is 2.21. The van der Waals surface area contributed by atoms with Crippen molar-refractivity contribution in [2.45, 2.75) is 38.8 Å². The predicted molar refractivity (Wildman–Crippen MR) is 88.0 cm³/mol. The number of halogens is 1. The minimum atomic E-state index is -0.366. The molecule has 0 radical (unpaired) electrons. The number of hydrogen-bond acceptors (Lipinski definition) is 4. The van der Waals surface area contributed by atoms with Crippen LogP contribution < -0.4 is 5.32 Å². The molecule has 1 N–H and O–H groups in total. The second kappa shape index (κ2) is 7.53. The van der Waals surface area contributed by atoms with Crippen LogP contribution in [-0.4, -0.2) is 44.7 Å². The average molecular weight is 331 g/mol. The first-order chi connectivity index (χ1) is 11.6. The molecule has 24 heavy (non-hydrogen) atoms. The van der Waals surface area contributed by atoms with Crippen LogP contribution in [0.15, 0.2) is 30.9 Å². The number of carbonyl (C=O) groups excluding carboxylic acids is 1. The van der Waals surface area contributed by atoms with E-state index in [0.29, 0.717) is 12.2 Å². The molecular weight excluding hydrogens is 309 g/mol. The number of nitrogens with zero attached hydrogens (tertiary/aromatic N) is 4. The van der Waals surface area contributed by atoms with Gasteiger partial charge in [-0.2, -0.15) is 5.10 Å². The Hall–Kier alpha value is -2.28. The van der Waals surface area contributed by atoms with Gasteiger partial charge in [-0.15, -0.1) is 0 Å². The summed E-state index contributed by atoms with van der Waals surface area (Å²) in [7, 11) is 0. The maximum Gasteiger partial charge on any atom is 0.239 e. The van der Waals surface area contributed by atoms with Gasteiger partial charge in [0.25, 0.3) is 0 Å². The molecule has 0 spiro atoms. The molecule has 1 amide bonds. The summed E-state index contributed by atoms with van der Waals surface area (Å²) in [4.78, 5) is 18.1.